The summed E-state index contributed by atoms with van der Waals surface area (Å²) in [4.78, 5) is 4.29. The molecule has 2 aromatic rings. The van der Waals surface area contributed by atoms with Crippen LogP contribution in [0, 0.1) is 19.8 Å². The minimum absolute atomic E-state index is 0.642. The van der Waals surface area contributed by atoms with Crippen molar-refractivity contribution in [2.45, 2.75) is 34.2 Å². The van der Waals surface area contributed by atoms with E-state index in [0.29, 0.717) is 11.8 Å². The van der Waals surface area contributed by atoms with E-state index in [1.165, 1.54) is 16.7 Å². The first-order chi connectivity index (χ1) is 10.0. The zero-order chi connectivity index (χ0) is 15.2. The summed E-state index contributed by atoms with van der Waals surface area (Å²) in [6.45, 7) is 10.4. The van der Waals surface area contributed by atoms with Crippen molar-refractivity contribution in [1.29, 1.82) is 0 Å². The van der Waals surface area contributed by atoms with Gasteiger partial charge in [0.2, 0.25) is 5.88 Å². The SMILES string of the molecule is Cc1cc(C)cc(Oc2cc(CNCC(C)C)ccn2)c1. The average molecular weight is 284 g/mol. The number of pyridine rings is 1. The van der Waals surface area contributed by atoms with Crippen molar-refractivity contribution in [3.8, 4) is 11.6 Å². The Balaban J connectivity index is 2.03. The molecule has 112 valence electrons. The second-order valence-corrected chi connectivity index (χ2v) is 5.95. The summed E-state index contributed by atoms with van der Waals surface area (Å²) in [5, 5.41) is 3.43. The molecule has 1 heterocycles. The molecule has 0 saturated carbocycles. The Morgan fingerprint density at radius 3 is 2.48 bits per heavy atom. The van der Waals surface area contributed by atoms with E-state index >= 15 is 0 Å². The number of benzene rings is 1. The molecule has 0 unspecified atom stereocenters. The van der Waals surface area contributed by atoms with E-state index in [2.05, 4.69) is 44.1 Å². The fraction of sp³-hybridized carbons (Fsp3) is 0.389. The van der Waals surface area contributed by atoms with Gasteiger partial charge in [-0.2, -0.15) is 0 Å². The van der Waals surface area contributed by atoms with Crippen LogP contribution < -0.4 is 10.1 Å². The first-order valence-corrected chi connectivity index (χ1v) is 7.45. The maximum atomic E-state index is 5.87. The number of aryl methyl sites for hydroxylation is 2. The number of aromatic nitrogens is 1. The highest BCUT2D eigenvalue weighted by Crippen LogP contribution is 2.22. The van der Waals surface area contributed by atoms with Crippen LogP contribution in [0.4, 0.5) is 0 Å². The van der Waals surface area contributed by atoms with E-state index < -0.39 is 0 Å². The number of rotatable bonds is 6. The molecule has 0 atom stereocenters. The molecule has 3 heteroatoms. The summed E-state index contributed by atoms with van der Waals surface area (Å²) in [6.07, 6.45) is 1.80. The Morgan fingerprint density at radius 1 is 1.10 bits per heavy atom. The number of nitrogens with one attached hydrogen (secondary N) is 1. The third-order valence-corrected chi connectivity index (χ3v) is 3.10. The van der Waals surface area contributed by atoms with Crippen LogP contribution in [-0.4, -0.2) is 11.5 Å². The molecule has 3 nitrogen and oxygen atoms in total. The van der Waals surface area contributed by atoms with Gasteiger partial charge in [0.15, 0.2) is 0 Å². The Hall–Kier alpha value is -1.87. The second kappa shape index (κ2) is 7.23. The van der Waals surface area contributed by atoms with Crippen LogP contribution in [0.3, 0.4) is 0 Å². The molecule has 2 rings (SSSR count). The molecule has 0 radical (unpaired) electrons. The summed E-state index contributed by atoms with van der Waals surface area (Å²) in [7, 11) is 0. The van der Waals surface area contributed by atoms with Crippen LogP contribution >= 0.6 is 0 Å². The third-order valence-electron chi connectivity index (χ3n) is 3.10. The summed E-state index contributed by atoms with van der Waals surface area (Å²) < 4.78 is 5.87. The van der Waals surface area contributed by atoms with E-state index in [4.69, 9.17) is 4.74 Å². The zero-order valence-electron chi connectivity index (χ0n) is 13.3. The predicted octanol–water partition coefficient (Wildman–Crippen LogP) is 4.24. The van der Waals surface area contributed by atoms with Crippen LogP contribution in [0.25, 0.3) is 0 Å². The maximum Gasteiger partial charge on any atom is 0.219 e. The lowest BCUT2D eigenvalue weighted by Gasteiger charge is -2.10. The predicted molar refractivity (Wildman–Crippen MR) is 86.8 cm³/mol. The average Bonchev–Trinajstić information content (AvgIpc) is 2.37. The van der Waals surface area contributed by atoms with Crippen molar-refractivity contribution < 1.29 is 4.74 Å². The molecular weight excluding hydrogens is 260 g/mol. The molecule has 0 aliphatic rings. The van der Waals surface area contributed by atoms with Crippen LogP contribution in [0.2, 0.25) is 0 Å². The monoisotopic (exact) mass is 284 g/mol. The van der Waals surface area contributed by atoms with Gasteiger partial charge in [0.1, 0.15) is 5.75 Å². The van der Waals surface area contributed by atoms with Crippen LogP contribution in [0.5, 0.6) is 11.6 Å². The van der Waals surface area contributed by atoms with Gasteiger partial charge in [-0.3, -0.25) is 0 Å². The quantitative estimate of drug-likeness (QED) is 0.861. The lowest BCUT2D eigenvalue weighted by Crippen LogP contribution is -2.18. The van der Waals surface area contributed by atoms with E-state index in [1.54, 1.807) is 6.20 Å². The highest BCUT2D eigenvalue weighted by molar-refractivity contribution is 5.35. The topological polar surface area (TPSA) is 34.1 Å². The Kier molecular flexibility index (Phi) is 5.34. The second-order valence-electron chi connectivity index (χ2n) is 5.95. The normalized spacial score (nSPS) is 10.9. The fourth-order valence-electron chi connectivity index (χ4n) is 2.23. The van der Waals surface area contributed by atoms with Crippen molar-refractivity contribution in [2.75, 3.05) is 6.54 Å². The number of ether oxygens (including phenoxy) is 1. The van der Waals surface area contributed by atoms with Crippen molar-refractivity contribution in [2.24, 2.45) is 5.92 Å². The van der Waals surface area contributed by atoms with E-state index in [9.17, 15) is 0 Å². The van der Waals surface area contributed by atoms with Gasteiger partial charge in [0.25, 0.3) is 0 Å². The smallest absolute Gasteiger partial charge is 0.219 e. The number of nitrogens with zero attached hydrogens (tertiary/aromatic N) is 1. The van der Waals surface area contributed by atoms with Crippen LogP contribution in [0.15, 0.2) is 36.5 Å². The van der Waals surface area contributed by atoms with Crippen molar-refractivity contribution in [3.05, 3.63) is 53.2 Å². The van der Waals surface area contributed by atoms with Gasteiger partial charge in [0, 0.05) is 18.8 Å². The minimum atomic E-state index is 0.642. The van der Waals surface area contributed by atoms with E-state index in [-0.39, 0.29) is 0 Å². The summed E-state index contributed by atoms with van der Waals surface area (Å²) in [5.41, 5.74) is 3.57. The highest BCUT2D eigenvalue weighted by Gasteiger charge is 2.02. The highest BCUT2D eigenvalue weighted by atomic mass is 16.5. The molecule has 0 aliphatic heterocycles. The van der Waals surface area contributed by atoms with Crippen molar-refractivity contribution in [3.63, 3.8) is 0 Å². The van der Waals surface area contributed by atoms with Crippen molar-refractivity contribution in [1.82, 2.24) is 10.3 Å². The molecule has 1 aromatic heterocycles. The summed E-state index contributed by atoms with van der Waals surface area (Å²) >= 11 is 0. The molecule has 0 amide bonds. The Labute approximate surface area is 127 Å². The molecule has 0 bridgehead atoms. The molecule has 0 spiro atoms. The number of hydrogen-bond acceptors (Lipinski definition) is 3. The molecular formula is C18H24N2O. The number of hydrogen-bond donors (Lipinski definition) is 1. The third kappa shape index (κ3) is 5.20. The van der Waals surface area contributed by atoms with Gasteiger partial charge in [-0.15, -0.1) is 0 Å². The molecule has 1 aromatic carbocycles. The van der Waals surface area contributed by atoms with Gasteiger partial charge in [-0.25, -0.2) is 4.98 Å². The molecule has 21 heavy (non-hydrogen) atoms. The maximum absolute atomic E-state index is 5.87. The molecule has 0 aliphatic carbocycles. The standard InChI is InChI=1S/C18H24N2O/c1-13(2)11-19-12-16-5-6-20-18(10-16)21-17-8-14(3)7-15(4)9-17/h5-10,13,19H,11-12H2,1-4H3. The Bertz CT molecular complexity index is 573. The van der Waals surface area contributed by atoms with Crippen LogP contribution in [0.1, 0.15) is 30.5 Å². The molecule has 0 fully saturated rings. The van der Waals surface area contributed by atoms with Crippen molar-refractivity contribution >= 4 is 0 Å². The Morgan fingerprint density at radius 2 is 1.81 bits per heavy atom. The van der Waals surface area contributed by atoms with Gasteiger partial charge in [-0.05, 0) is 61.2 Å². The lowest BCUT2D eigenvalue weighted by molar-refractivity contribution is 0.460. The first-order valence-electron chi connectivity index (χ1n) is 7.45. The van der Waals surface area contributed by atoms with E-state index in [1.807, 2.05) is 24.3 Å². The van der Waals surface area contributed by atoms with Crippen LogP contribution in [-0.2, 0) is 6.54 Å². The summed E-state index contributed by atoms with van der Waals surface area (Å²) in [5.74, 6) is 2.13. The van der Waals surface area contributed by atoms with Gasteiger partial charge in [0.05, 0.1) is 0 Å². The fourth-order valence-corrected chi connectivity index (χ4v) is 2.23. The van der Waals surface area contributed by atoms with Gasteiger partial charge in [-0.1, -0.05) is 19.9 Å². The van der Waals surface area contributed by atoms with Gasteiger partial charge < -0.3 is 10.1 Å². The van der Waals surface area contributed by atoms with Gasteiger partial charge >= 0.3 is 0 Å². The zero-order valence-corrected chi connectivity index (χ0v) is 13.3. The lowest BCUT2D eigenvalue weighted by atomic mass is 10.1. The summed E-state index contributed by atoms with van der Waals surface area (Å²) in [6, 6.07) is 10.2. The first kappa shape index (κ1) is 15.5. The largest absolute Gasteiger partial charge is 0.439 e. The minimum Gasteiger partial charge on any atom is -0.439 e. The van der Waals surface area contributed by atoms with E-state index in [0.717, 1.165) is 18.8 Å². The molecule has 0 saturated heterocycles. The molecule has 1 N–H and O–H groups in total.